The Kier molecular flexibility index (Phi) is 4.98. The van der Waals surface area contributed by atoms with Gasteiger partial charge in [0.15, 0.2) is 0 Å². The van der Waals surface area contributed by atoms with Crippen LogP contribution in [0.5, 0.6) is 0 Å². The van der Waals surface area contributed by atoms with E-state index in [9.17, 15) is 9.59 Å². The third-order valence-electron chi connectivity index (χ3n) is 4.34. The molecule has 0 radical (unpaired) electrons. The van der Waals surface area contributed by atoms with Crippen LogP contribution in [0.1, 0.15) is 28.7 Å². The fourth-order valence-corrected chi connectivity index (χ4v) is 3.03. The smallest absolute Gasteiger partial charge is 0.251 e. The van der Waals surface area contributed by atoms with Crippen molar-refractivity contribution in [2.24, 2.45) is 0 Å². The highest BCUT2D eigenvalue weighted by Crippen LogP contribution is 2.18. The van der Waals surface area contributed by atoms with Crippen molar-refractivity contribution in [2.75, 3.05) is 0 Å². The summed E-state index contributed by atoms with van der Waals surface area (Å²) in [5, 5.41) is 3.93. The number of benzene rings is 2. The summed E-state index contributed by atoms with van der Waals surface area (Å²) in [6.07, 6.45) is 0.728. The van der Waals surface area contributed by atoms with Gasteiger partial charge in [0, 0.05) is 29.4 Å². The van der Waals surface area contributed by atoms with E-state index in [1.54, 1.807) is 0 Å². The Morgan fingerprint density at radius 1 is 1.08 bits per heavy atom. The summed E-state index contributed by atoms with van der Waals surface area (Å²) < 4.78 is 0. The molecule has 1 aromatic heterocycles. The minimum Gasteiger partial charge on any atom is -0.352 e. The van der Waals surface area contributed by atoms with Gasteiger partial charge in [-0.05, 0) is 49.1 Å². The summed E-state index contributed by atoms with van der Waals surface area (Å²) in [7, 11) is 0. The number of carbonyl (C=O) groups excluding carboxylic acids is 1. The molecule has 1 amide bonds. The number of hydrogen-bond donors (Lipinski definition) is 2. The topological polar surface area (TPSA) is 62.0 Å². The molecule has 4 nitrogen and oxygen atoms in total. The lowest BCUT2D eigenvalue weighted by molar-refractivity contribution is -0.121. The molecule has 25 heavy (non-hydrogen) atoms. The highest BCUT2D eigenvalue weighted by atomic mass is 16.1. The highest BCUT2D eigenvalue weighted by molar-refractivity contribution is 5.83. The number of carbonyl (C=O) groups is 1. The summed E-state index contributed by atoms with van der Waals surface area (Å²) in [5.41, 5.74) is 4.68. The lowest BCUT2D eigenvalue weighted by atomic mass is 10.0. The van der Waals surface area contributed by atoms with E-state index in [1.807, 2.05) is 56.3 Å². The third-order valence-corrected chi connectivity index (χ3v) is 4.34. The van der Waals surface area contributed by atoms with Crippen molar-refractivity contribution >= 4 is 16.8 Å². The molecule has 0 spiro atoms. The van der Waals surface area contributed by atoms with Gasteiger partial charge in [-0.25, -0.2) is 0 Å². The first kappa shape index (κ1) is 17.0. The number of pyridine rings is 1. The highest BCUT2D eigenvalue weighted by Gasteiger charge is 2.08. The Balaban J connectivity index is 1.67. The Bertz CT molecular complexity index is 959. The van der Waals surface area contributed by atoms with Crippen LogP contribution in [-0.2, 0) is 17.8 Å². The van der Waals surface area contributed by atoms with E-state index in [-0.39, 0.29) is 11.5 Å². The lowest BCUT2D eigenvalue weighted by Crippen LogP contribution is -2.24. The number of nitrogens with one attached hydrogen (secondary N) is 2. The Labute approximate surface area is 146 Å². The number of hydrogen-bond acceptors (Lipinski definition) is 2. The first-order valence-corrected chi connectivity index (χ1v) is 8.47. The summed E-state index contributed by atoms with van der Waals surface area (Å²) in [6, 6.07) is 15.8. The summed E-state index contributed by atoms with van der Waals surface area (Å²) in [5.74, 6) is -0.0519. The monoisotopic (exact) mass is 334 g/mol. The molecular weight excluding hydrogens is 312 g/mol. The Morgan fingerprint density at radius 2 is 1.84 bits per heavy atom. The molecule has 4 heteroatoms. The standard InChI is InChI=1S/C21H22N2O2/c1-14-10-15(2)18-12-17(21(25)23-19(18)11-14)8-9-20(24)22-13-16-6-4-3-5-7-16/h3-7,10-12H,8-9,13H2,1-2H3,(H,22,24)(H,23,25). The molecule has 0 aliphatic carbocycles. The molecule has 0 atom stereocenters. The van der Waals surface area contributed by atoms with Gasteiger partial charge in [-0.15, -0.1) is 0 Å². The molecular formula is C21H22N2O2. The van der Waals surface area contributed by atoms with Gasteiger partial charge in [-0.2, -0.15) is 0 Å². The van der Waals surface area contributed by atoms with Gasteiger partial charge >= 0.3 is 0 Å². The molecule has 3 aromatic rings. The SMILES string of the molecule is Cc1cc(C)c2cc(CCC(=O)NCc3ccccc3)c(=O)[nH]c2c1. The normalized spacial score (nSPS) is 10.8. The second-order valence-electron chi connectivity index (χ2n) is 6.43. The Hall–Kier alpha value is -2.88. The maximum atomic E-state index is 12.3. The molecule has 0 saturated carbocycles. The maximum Gasteiger partial charge on any atom is 0.251 e. The number of aromatic nitrogens is 1. The minimum atomic E-state index is -0.117. The lowest BCUT2D eigenvalue weighted by Gasteiger charge is -2.08. The van der Waals surface area contributed by atoms with Crippen LogP contribution in [0, 0.1) is 13.8 Å². The molecule has 128 valence electrons. The van der Waals surface area contributed by atoms with Crippen molar-refractivity contribution in [3.8, 4) is 0 Å². The van der Waals surface area contributed by atoms with E-state index < -0.39 is 0 Å². The first-order valence-electron chi connectivity index (χ1n) is 8.47. The van der Waals surface area contributed by atoms with Crippen LogP contribution >= 0.6 is 0 Å². The zero-order valence-corrected chi connectivity index (χ0v) is 14.6. The average Bonchev–Trinajstić information content (AvgIpc) is 2.59. The van der Waals surface area contributed by atoms with E-state index in [0.29, 0.717) is 24.9 Å². The zero-order valence-electron chi connectivity index (χ0n) is 14.6. The first-order chi connectivity index (χ1) is 12.0. The molecule has 0 bridgehead atoms. The number of aromatic amines is 1. The van der Waals surface area contributed by atoms with Crippen LogP contribution in [0.15, 0.2) is 53.3 Å². The number of amides is 1. The van der Waals surface area contributed by atoms with Gasteiger partial charge in [0.1, 0.15) is 0 Å². The van der Waals surface area contributed by atoms with E-state index in [4.69, 9.17) is 0 Å². The van der Waals surface area contributed by atoms with Gasteiger partial charge in [-0.1, -0.05) is 36.4 Å². The average molecular weight is 334 g/mol. The van der Waals surface area contributed by atoms with Crippen molar-refractivity contribution in [1.82, 2.24) is 10.3 Å². The second kappa shape index (κ2) is 7.34. The molecule has 0 unspecified atom stereocenters. The number of H-pyrrole nitrogens is 1. The van der Waals surface area contributed by atoms with Crippen molar-refractivity contribution in [3.63, 3.8) is 0 Å². The number of fused-ring (bicyclic) bond motifs is 1. The maximum absolute atomic E-state index is 12.3. The fraction of sp³-hybridized carbons (Fsp3) is 0.238. The van der Waals surface area contributed by atoms with E-state index in [0.717, 1.165) is 27.6 Å². The molecule has 0 aliphatic heterocycles. The second-order valence-corrected chi connectivity index (χ2v) is 6.43. The van der Waals surface area contributed by atoms with Gasteiger partial charge in [-0.3, -0.25) is 9.59 Å². The molecule has 1 heterocycles. The fourth-order valence-electron chi connectivity index (χ4n) is 3.03. The van der Waals surface area contributed by atoms with Crippen LogP contribution < -0.4 is 10.9 Å². The van der Waals surface area contributed by atoms with Crippen LogP contribution in [-0.4, -0.2) is 10.9 Å². The molecule has 2 aromatic carbocycles. The summed E-state index contributed by atoms with van der Waals surface area (Å²) in [6.45, 7) is 4.55. The molecule has 2 N–H and O–H groups in total. The van der Waals surface area contributed by atoms with Crippen LogP contribution in [0.3, 0.4) is 0 Å². The van der Waals surface area contributed by atoms with Gasteiger partial charge in [0.05, 0.1) is 0 Å². The van der Waals surface area contributed by atoms with E-state index >= 15 is 0 Å². The largest absolute Gasteiger partial charge is 0.352 e. The number of rotatable bonds is 5. The molecule has 3 rings (SSSR count). The number of aryl methyl sites for hydroxylation is 3. The van der Waals surface area contributed by atoms with Crippen molar-refractivity contribution < 1.29 is 4.79 Å². The molecule has 0 saturated heterocycles. The molecule has 0 fully saturated rings. The van der Waals surface area contributed by atoms with Crippen molar-refractivity contribution in [2.45, 2.75) is 33.2 Å². The van der Waals surface area contributed by atoms with Crippen LogP contribution in [0.25, 0.3) is 10.9 Å². The van der Waals surface area contributed by atoms with Crippen molar-refractivity contribution in [1.29, 1.82) is 0 Å². The third kappa shape index (κ3) is 4.15. The predicted octanol–water partition coefficient (Wildman–Crippen LogP) is 3.39. The summed E-state index contributed by atoms with van der Waals surface area (Å²) >= 11 is 0. The summed E-state index contributed by atoms with van der Waals surface area (Å²) in [4.78, 5) is 27.2. The Morgan fingerprint density at radius 3 is 2.60 bits per heavy atom. The van der Waals surface area contributed by atoms with Gasteiger partial charge in [0.2, 0.25) is 5.91 Å². The van der Waals surface area contributed by atoms with Crippen LogP contribution in [0.4, 0.5) is 0 Å². The van der Waals surface area contributed by atoms with E-state index in [1.165, 1.54) is 0 Å². The minimum absolute atomic E-state index is 0.0519. The molecule has 0 aliphatic rings. The zero-order chi connectivity index (χ0) is 17.8. The predicted molar refractivity (Wildman–Crippen MR) is 101 cm³/mol. The van der Waals surface area contributed by atoms with Crippen LogP contribution in [0.2, 0.25) is 0 Å². The van der Waals surface area contributed by atoms with Gasteiger partial charge < -0.3 is 10.3 Å². The quantitative estimate of drug-likeness (QED) is 0.751. The van der Waals surface area contributed by atoms with Gasteiger partial charge in [0.25, 0.3) is 5.56 Å². The van der Waals surface area contributed by atoms with E-state index in [2.05, 4.69) is 16.4 Å². The van der Waals surface area contributed by atoms with Crippen molar-refractivity contribution in [3.05, 3.63) is 81.1 Å².